The van der Waals surface area contributed by atoms with Crippen LogP contribution in [0.4, 0.5) is 5.13 Å². The van der Waals surface area contributed by atoms with Gasteiger partial charge >= 0.3 is 0 Å². The Labute approximate surface area is 173 Å². The molecule has 1 amide bonds. The van der Waals surface area contributed by atoms with Gasteiger partial charge in [-0.15, -0.1) is 0 Å². The number of hydrogen-bond donors (Lipinski definition) is 0. The van der Waals surface area contributed by atoms with Crippen LogP contribution in [0.1, 0.15) is 47.2 Å². The number of benzene rings is 1. The Morgan fingerprint density at radius 3 is 2.72 bits per heavy atom. The largest absolute Gasteiger partial charge is 0.278 e. The van der Waals surface area contributed by atoms with Crippen molar-refractivity contribution in [2.24, 2.45) is 0 Å². The zero-order valence-electron chi connectivity index (χ0n) is 17.0. The number of thiazole rings is 1. The van der Waals surface area contributed by atoms with Gasteiger partial charge in [0.2, 0.25) is 0 Å². The number of hydrogen-bond acceptors (Lipinski definition) is 5. The van der Waals surface area contributed by atoms with Crippen LogP contribution in [-0.2, 0) is 6.54 Å². The monoisotopic (exact) mass is 405 g/mol. The van der Waals surface area contributed by atoms with Gasteiger partial charge in [0, 0.05) is 18.4 Å². The van der Waals surface area contributed by atoms with Gasteiger partial charge in [-0.3, -0.25) is 19.4 Å². The average Bonchev–Trinajstić information content (AvgIpc) is 3.33. The van der Waals surface area contributed by atoms with E-state index in [1.807, 2.05) is 32.0 Å². The lowest BCUT2D eigenvalue weighted by Gasteiger charge is -2.21. The number of fused-ring (bicyclic) bond motifs is 1. The van der Waals surface area contributed by atoms with Crippen molar-refractivity contribution in [3.05, 3.63) is 71.3 Å². The van der Waals surface area contributed by atoms with Crippen molar-refractivity contribution in [1.82, 2.24) is 19.7 Å². The lowest BCUT2D eigenvalue weighted by Crippen LogP contribution is -2.32. The van der Waals surface area contributed by atoms with Crippen LogP contribution in [0.2, 0.25) is 0 Å². The Morgan fingerprint density at radius 1 is 1.17 bits per heavy atom. The first-order valence-electron chi connectivity index (χ1n) is 9.57. The lowest BCUT2D eigenvalue weighted by molar-refractivity contribution is 0.0972. The molecule has 0 aliphatic heterocycles. The van der Waals surface area contributed by atoms with E-state index in [0.29, 0.717) is 17.4 Å². The average molecular weight is 406 g/mol. The molecule has 0 spiro atoms. The summed E-state index contributed by atoms with van der Waals surface area (Å²) in [5.41, 5.74) is 4.59. The summed E-state index contributed by atoms with van der Waals surface area (Å²) >= 11 is 1.53. The number of carbonyl (C=O) groups excluding carboxylic acids is 1. The van der Waals surface area contributed by atoms with Crippen molar-refractivity contribution in [1.29, 1.82) is 0 Å². The predicted octanol–water partition coefficient (Wildman–Crippen LogP) is 4.93. The van der Waals surface area contributed by atoms with Crippen LogP contribution >= 0.6 is 11.3 Å². The van der Waals surface area contributed by atoms with E-state index in [1.165, 1.54) is 16.9 Å². The first-order chi connectivity index (χ1) is 13.9. The van der Waals surface area contributed by atoms with Crippen LogP contribution < -0.4 is 4.90 Å². The van der Waals surface area contributed by atoms with E-state index in [9.17, 15) is 4.79 Å². The Morgan fingerprint density at radius 2 is 2.00 bits per heavy atom. The van der Waals surface area contributed by atoms with Crippen molar-refractivity contribution < 1.29 is 4.79 Å². The fraction of sp³-hybridized carbons (Fsp3) is 0.273. The second kappa shape index (κ2) is 7.75. The lowest BCUT2D eigenvalue weighted by atomic mass is 10.1. The van der Waals surface area contributed by atoms with Gasteiger partial charge in [0.1, 0.15) is 5.69 Å². The minimum atomic E-state index is -0.129. The molecule has 0 fully saturated rings. The molecule has 0 saturated heterocycles. The third-order valence-corrected chi connectivity index (χ3v) is 5.74. The summed E-state index contributed by atoms with van der Waals surface area (Å²) in [6, 6.07) is 11.8. The highest BCUT2D eigenvalue weighted by atomic mass is 32.1. The quantitative estimate of drug-likeness (QED) is 0.472. The van der Waals surface area contributed by atoms with Crippen LogP contribution in [0, 0.1) is 13.8 Å². The number of aryl methyl sites for hydroxylation is 2. The van der Waals surface area contributed by atoms with E-state index in [4.69, 9.17) is 4.98 Å². The number of nitrogens with zero attached hydrogens (tertiary/aromatic N) is 5. The molecule has 3 heterocycles. The molecule has 29 heavy (non-hydrogen) atoms. The summed E-state index contributed by atoms with van der Waals surface area (Å²) in [4.78, 5) is 24.5. The fourth-order valence-electron chi connectivity index (χ4n) is 3.39. The van der Waals surface area contributed by atoms with E-state index < -0.39 is 0 Å². The number of rotatable bonds is 5. The number of carbonyl (C=O) groups is 1. The molecule has 0 radical (unpaired) electrons. The Bertz CT molecular complexity index is 1160. The van der Waals surface area contributed by atoms with Gasteiger partial charge in [0.05, 0.1) is 22.5 Å². The molecule has 7 heteroatoms. The van der Waals surface area contributed by atoms with Gasteiger partial charge in [0.15, 0.2) is 5.13 Å². The minimum absolute atomic E-state index is 0.0842. The third kappa shape index (κ3) is 3.78. The molecular weight excluding hydrogens is 382 g/mol. The summed E-state index contributed by atoms with van der Waals surface area (Å²) in [5.74, 6) is -0.129. The minimum Gasteiger partial charge on any atom is -0.277 e. The molecule has 4 rings (SSSR count). The van der Waals surface area contributed by atoms with Crippen molar-refractivity contribution in [3.8, 4) is 0 Å². The predicted molar refractivity (Wildman–Crippen MR) is 116 cm³/mol. The van der Waals surface area contributed by atoms with Crippen molar-refractivity contribution in [2.75, 3.05) is 4.90 Å². The molecule has 0 aliphatic rings. The molecule has 0 bridgehead atoms. The Hall–Kier alpha value is -3.06. The van der Waals surface area contributed by atoms with E-state index in [2.05, 4.69) is 36.1 Å². The maximum Gasteiger partial charge on any atom is 0.278 e. The normalized spacial score (nSPS) is 11.3. The van der Waals surface area contributed by atoms with E-state index in [0.717, 1.165) is 21.5 Å². The fourth-order valence-corrected chi connectivity index (χ4v) is 4.53. The first kappa shape index (κ1) is 19.3. The molecule has 1 aromatic carbocycles. The highest BCUT2D eigenvalue weighted by Crippen LogP contribution is 2.33. The molecule has 6 nitrogen and oxygen atoms in total. The van der Waals surface area contributed by atoms with Crippen molar-refractivity contribution >= 4 is 32.6 Å². The van der Waals surface area contributed by atoms with Crippen LogP contribution in [0.15, 0.2) is 48.8 Å². The second-order valence-electron chi connectivity index (χ2n) is 7.39. The Kier molecular flexibility index (Phi) is 5.15. The number of anilines is 1. The molecule has 0 aliphatic carbocycles. The number of pyridine rings is 1. The second-order valence-corrected chi connectivity index (χ2v) is 8.40. The molecular formula is C22H23N5OS. The summed E-state index contributed by atoms with van der Waals surface area (Å²) in [6.45, 7) is 8.50. The molecule has 0 atom stereocenters. The standard InChI is InChI=1S/C22H23N5OS/c1-14(2)27-18(8-10-24-27)21(28)26(13-17-7-5-6-9-23-17)22-25-20-16(4)11-15(3)12-19(20)29-22/h5-12,14H,13H2,1-4H3. The van der Waals surface area contributed by atoms with Gasteiger partial charge in [-0.05, 0) is 63.1 Å². The highest BCUT2D eigenvalue weighted by Gasteiger charge is 2.26. The van der Waals surface area contributed by atoms with Crippen molar-refractivity contribution in [2.45, 2.75) is 40.3 Å². The summed E-state index contributed by atoms with van der Waals surface area (Å²) in [5, 5.41) is 4.99. The van der Waals surface area contributed by atoms with Crippen molar-refractivity contribution in [3.63, 3.8) is 0 Å². The summed E-state index contributed by atoms with van der Waals surface area (Å²) in [6.07, 6.45) is 3.40. The maximum atomic E-state index is 13.6. The third-order valence-electron chi connectivity index (χ3n) is 4.72. The maximum absolute atomic E-state index is 13.6. The van der Waals surface area contributed by atoms with Gasteiger partial charge in [0.25, 0.3) is 5.91 Å². The SMILES string of the molecule is Cc1cc(C)c2nc(N(Cc3ccccn3)C(=O)c3ccnn3C(C)C)sc2c1. The number of aromatic nitrogens is 4. The molecule has 0 saturated carbocycles. The van der Waals surface area contributed by atoms with Crippen LogP contribution in [0.3, 0.4) is 0 Å². The van der Waals surface area contributed by atoms with Gasteiger partial charge < -0.3 is 0 Å². The van der Waals surface area contributed by atoms with Crippen LogP contribution in [0.5, 0.6) is 0 Å². The van der Waals surface area contributed by atoms with Crippen LogP contribution in [0.25, 0.3) is 10.2 Å². The smallest absolute Gasteiger partial charge is 0.277 e. The van der Waals surface area contributed by atoms with Gasteiger partial charge in [-0.25, -0.2) is 4.98 Å². The zero-order valence-corrected chi connectivity index (χ0v) is 17.8. The molecule has 3 aromatic heterocycles. The first-order valence-corrected chi connectivity index (χ1v) is 10.4. The van der Waals surface area contributed by atoms with Crippen LogP contribution in [-0.4, -0.2) is 25.7 Å². The number of amides is 1. The topological polar surface area (TPSA) is 63.9 Å². The van der Waals surface area contributed by atoms with E-state index >= 15 is 0 Å². The molecule has 0 unspecified atom stereocenters. The zero-order chi connectivity index (χ0) is 20.5. The summed E-state index contributed by atoms with van der Waals surface area (Å²) < 4.78 is 2.82. The van der Waals surface area contributed by atoms with E-state index in [1.54, 1.807) is 28.0 Å². The van der Waals surface area contributed by atoms with E-state index in [-0.39, 0.29) is 11.9 Å². The van der Waals surface area contributed by atoms with Gasteiger partial charge in [-0.2, -0.15) is 5.10 Å². The Balaban J connectivity index is 1.81. The molecule has 0 N–H and O–H groups in total. The van der Waals surface area contributed by atoms with Gasteiger partial charge in [-0.1, -0.05) is 23.5 Å². The molecule has 148 valence electrons. The highest BCUT2D eigenvalue weighted by molar-refractivity contribution is 7.22. The summed E-state index contributed by atoms with van der Waals surface area (Å²) in [7, 11) is 0. The molecule has 4 aromatic rings.